The Bertz CT molecular complexity index is 1260. The van der Waals surface area contributed by atoms with Gasteiger partial charge in [0.25, 0.3) is 0 Å². The largest absolute Gasteiger partial charge is 0.482 e. The lowest BCUT2D eigenvalue weighted by Crippen LogP contribution is -2.17. The molecule has 0 saturated heterocycles. The van der Waals surface area contributed by atoms with E-state index in [2.05, 4.69) is 30.2 Å². The number of nitrogens with one attached hydrogen (secondary N) is 1. The maximum atomic E-state index is 9.85. The second kappa shape index (κ2) is 10.4. The predicted molar refractivity (Wildman–Crippen MR) is 128 cm³/mol. The molecule has 0 bridgehead atoms. The first-order valence-corrected chi connectivity index (χ1v) is 12.4. The molecule has 0 spiro atoms. The van der Waals surface area contributed by atoms with E-state index in [1.165, 1.54) is 23.1 Å². The summed E-state index contributed by atoms with van der Waals surface area (Å²) in [5.74, 6) is 1.08. The van der Waals surface area contributed by atoms with E-state index in [-0.39, 0.29) is 6.10 Å². The van der Waals surface area contributed by atoms with Crippen molar-refractivity contribution >= 4 is 34.0 Å². The van der Waals surface area contributed by atoms with Crippen molar-refractivity contribution in [1.29, 1.82) is 0 Å². The summed E-state index contributed by atoms with van der Waals surface area (Å²) in [6.07, 6.45) is 8.42. The minimum atomic E-state index is -1.02. The Balaban J connectivity index is 1.45. The lowest BCUT2D eigenvalue weighted by Gasteiger charge is -2.26. The van der Waals surface area contributed by atoms with Gasteiger partial charge in [0.1, 0.15) is 23.6 Å². The lowest BCUT2D eigenvalue weighted by atomic mass is 9.94. The van der Waals surface area contributed by atoms with Gasteiger partial charge in [0.15, 0.2) is 16.7 Å². The van der Waals surface area contributed by atoms with Crippen LogP contribution in [0.5, 0.6) is 5.75 Å². The molecule has 0 aromatic carbocycles. The molecule has 4 heterocycles. The third-order valence-corrected chi connectivity index (χ3v) is 6.96. The molecular weight excluding hydrogens is 472 g/mol. The number of anilines is 2. The summed E-state index contributed by atoms with van der Waals surface area (Å²) >= 11 is 2.81. The zero-order valence-electron chi connectivity index (χ0n) is 18.0. The highest BCUT2D eigenvalue weighted by atomic mass is 32.2. The minimum absolute atomic E-state index is 0.189. The summed E-state index contributed by atoms with van der Waals surface area (Å²) in [7, 11) is 0. The van der Waals surface area contributed by atoms with Crippen LogP contribution in [0.4, 0.5) is 10.9 Å². The van der Waals surface area contributed by atoms with E-state index in [0.717, 1.165) is 40.4 Å². The number of hydrogen-bond acceptors (Lipinski definition) is 11. The second-order valence-corrected chi connectivity index (χ2v) is 9.56. The Morgan fingerprint density at radius 3 is 3.03 bits per heavy atom. The van der Waals surface area contributed by atoms with Crippen LogP contribution in [0.3, 0.4) is 0 Å². The molecule has 0 aliphatic heterocycles. The Labute approximate surface area is 204 Å². The van der Waals surface area contributed by atoms with E-state index in [1.54, 1.807) is 24.1 Å². The van der Waals surface area contributed by atoms with Crippen molar-refractivity contribution in [2.45, 2.75) is 41.4 Å². The molecule has 0 saturated carbocycles. The van der Waals surface area contributed by atoms with Crippen molar-refractivity contribution in [3.8, 4) is 5.75 Å². The number of hydrogen-bond donors (Lipinski definition) is 3. The van der Waals surface area contributed by atoms with Gasteiger partial charge in [0, 0.05) is 34.4 Å². The van der Waals surface area contributed by atoms with Crippen molar-refractivity contribution in [3.05, 3.63) is 71.5 Å². The fourth-order valence-corrected chi connectivity index (χ4v) is 5.14. The summed E-state index contributed by atoms with van der Waals surface area (Å²) in [5, 5.41) is 25.3. The van der Waals surface area contributed by atoms with E-state index in [1.807, 2.05) is 30.5 Å². The topological polar surface area (TPSA) is 126 Å². The van der Waals surface area contributed by atoms with Gasteiger partial charge in [-0.3, -0.25) is 0 Å². The molecule has 2 atom stereocenters. The lowest BCUT2D eigenvalue weighted by molar-refractivity contribution is 0.0928. The zero-order valence-corrected chi connectivity index (χ0v) is 19.7. The van der Waals surface area contributed by atoms with Crippen LogP contribution in [-0.2, 0) is 6.42 Å². The van der Waals surface area contributed by atoms with Crippen LogP contribution in [0.25, 0.3) is 0 Å². The molecule has 4 aromatic rings. The smallest absolute Gasteiger partial charge is 0.188 e. The summed E-state index contributed by atoms with van der Waals surface area (Å²) in [6.45, 7) is -0.390. The Hall–Kier alpha value is -3.12. The van der Waals surface area contributed by atoms with E-state index >= 15 is 0 Å². The number of aromatic nitrogens is 5. The van der Waals surface area contributed by atoms with Gasteiger partial charge in [-0.2, -0.15) is 0 Å². The molecule has 34 heavy (non-hydrogen) atoms. The number of ether oxygens (including phenoxy) is 1. The predicted octanol–water partition coefficient (Wildman–Crippen LogP) is 4.10. The number of aryl methyl sites for hydroxylation is 1. The van der Waals surface area contributed by atoms with Crippen LogP contribution >= 0.6 is 23.1 Å². The third kappa shape index (κ3) is 5.17. The number of aliphatic hydroxyl groups is 2. The number of aliphatic hydroxyl groups excluding tert-OH is 2. The zero-order chi connectivity index (χ0) is 23.3. The van der Waals surface area contributed by atoms with E-state index in [0.29, 0.717) is 22.4 Å². The van der Waals surface area contributed by atoms with Gasteiger partial charge in [-0.15, -0.1) is 11.3 Å². The molecule has 1 aliphatic rings. The van der Waals surface area contributed by atoms with E-state index in [9.17, 15) is 10.2 Å². The van der Waals surface area contributed by atoms with Gasteiger partial charge in [-0.25, -0.2) is 24.9 Å². The molecule has 3 N–H and O–H groups in total. The first-order valence-electron chi connectivity index (χ1n) is 10.8. The van der Waals surface area contributed by atoms with E-state index < -0.39 is 12.7 Å². The average Bonchev–Trinajstić information content (AvgIpc) is 3.34. The SMILES string of the molecule is OCC(O)c1csc(Nc2ncc(Sc3ccccn3)cc2OC2CCCc3ncncc32)n1. The minimum Gasteiger partial charge on any atom is -0.482 e. The molecule has 174 valence electrons. The normalized spacial score (nSPS) is 16.0. The molecule has 0 fully saturated rings. The molecule has 2 unspecified atom stereocenters. The molecular formula is C23H22N6O3S2. The highest BCUT2D eigenvalue weighted by molar-refractivity contribution is 7.99. The van der Waals surface area contributed by atoms with Gasteiger partial charge in [0.2, 0.25) is 0 Å². The molecule has 0 radical (unpaired) electrons. The summed E-state index contributed by atoms with van der Waals surface area (Å²) in [4.78, 5) is 22.8. The maximum Gasteiger partial charge on any atom is 0.188 e. The molecule has 9 nitrogen and oxygen atoms in total. The van der Waals surface area contributed by atoms with Gasteiger partial charge < -0.3 is 20.3 Å². The molecule has 5 rings (SSSR count). The first-order chi connectivity index (χ1) is 16.7. The summed E-state index contributed by atoms with van der Waals surface area (Å²) in [5.41, 5.74) is 2.40. The van der Waals surface area contributed by atoms with Crippen LogP contribution in [0.15, 0.2) is 64.5 Å². The van der Waals surface area contributed by atoms with Crippen molar-refractivity contribution in [2.24, 2.45) is 0 Å². The molecule has 0 amide bonds. The number of thiazole rings is 1. The van der Waals surface area contributed by atoms with Gasteiger partial charge in [-0.1, -0.05) is 17.8 Å². The van der Waals surface area contributed by atoms with Crippen LogP contribution in [-0.4, -0.2) is 41.7 Å². The monoisotopic (exact) mass is 494 g/mol. The number of rotatable bonds is 8. The Kier molecular flexibility index (Phi) is 6.95. The number of fused-ring (bicyclic) bond motifs is 1. The van der Waals surface area contributed by atoms with Crippen LogP contribution in [0.2, 0.25) is 0 Å². The van der Waals surface area contributed by atoms with Crippen LogP contribution < -0.4 is 10.1 Å². The van der Waals surface area contributed by atoms with E-state index in [4.69, 9.17) is 4.74 Å². The van der Waals surface area contributed by atoms with Crippen LogP contribution in [0.1, 0.15) is 42.0 Å². The summed E-state index contributed by atoms with van der Waals surface area (Å²) < 4.78 is 6.49. The first kappa shape index (κ1) is 22.7. The molecule has 1 aliphatic carbocycles. The maximum absolute atomic E-state index is 9.85. The van der Waals surface area contributed by atoms with Gasteiger partial charge >= 0.3 is 0 Å². The highest BCUT2D eigenvalue weighted by Crippen LogP contribution is 2.38. The Morgan fingerprint density at radius 1 is 1.24 bits per heavy atom. The standard InChI is InChI=1S/C23H22N6O3S2/c30-11-18(31)17-12-33-23(28-17)29-22-20(8-14(9-26-22)34-21-6-1-2-7-25-21)32-19-5-3-4-16-15(19)10-24-13-27-16/h1-2,6-10,12-13,18-19,30-31H,3-5,11H2,(H,26,28,29). The third-order valence-electron chi connectivity index (χ3n) is 5.27. The fraction of sp³-hybridized carbons (Fsp3) is 0.261. The van der Waals surface area contributed by atoms with Gasteiger partial charge in [0.05, 0.1) is 18.0 Å². The number of nitrogens with zero attached hydrogens (tertiary/aromatic N) is 5. The Morgan fingerprint density at radius 2 is 2.18 bits per heavy atom. The van der Waals surface area contributed by atoms with Gasteiger partial charge in [-0.05, 0) is 37.5 Å². The van der Waals surface area contributed by atoms with Crippen LogP contribution in [0, 0.1) is 0 Å². The van der Waals surface area contributed by atoms with Crippen molar-refractivity contribution < 1.29 is 14.9 Å². The molecule has 11 heteroatoms. The number of pyridine rings is 2. The molecule has 4 aromatic heterocycles. The average molecular weight is 495 g/mol. The van der Waals surface area contributed by atoms with Crippen molar-refractivity contribution in [1.82, 2.24) is 24.9 Å². The van der Waals surface area contributed by atoms with Crippen molar-refractivity contribution in [3.63, 3.8) is 0 Å². The fourth-order valence-electron chi connectivity index (χ4n) is 3.62. The van der Waals surface area contributed by atoms with Crippen molar-refractivity contribution in [2.75, 3.05) is 11.9 Å². The second-order valence-electron chi connectivity index (χ2n) is 7.61. The summed E-state index contributed by atoms with van der Waals surface area (Å²) in [6, 6.07) is 7.69. The quantitative estimate of drug-likeness (QED) is 0.329. The highest BCUT2D eigenvalue weighted by Gasteiger charge is 2.25.